The predicted molar refractivity (Wildman–Crippen MR) is 78.0 cm³/mol. The monoisotopic (exact) mass is 303 g/mol. The molecular formula is C13H25N3O3S. The lowest BCUT2D eigenvalue weighted by atomic mass is 9.96. The maximum atomic E-state index is 12.4. The molecule has 0 spiro atoms. The largest absolute Gasteiger partial charge is 0.394 e. The first-order valence-electron chi connectivity index (χ1n) is 7.02. The van der Waals surface area contributed by atoms with Gasteiger partial charge in [0, 0.05) is 12.7 Å². The number of hydrogen-bond acceptors (Lipinski definition) is 4. The molecule has 0 unspecified atom stereocenters. The molecule has 0 fully saturated rings. The molecule has 116 valence electrons. The number of aryl methyl sites for hydroxylation is 2. The number of nitrogens with one attached hydrogen (secondary N) is 1. The second kappa shape index (κ2) is 6.69. The second-order valence-electron chi connectivity index (χ2n) is 5.07. The van der Waals surface area contributed by atoms with Crippen LogP contribution in [0.4, 0.5) is 0 Å². The quantitative estimate of drug-likeness (QED) is 0.761. The van der Waals surface area contributed by atoms with Crippen molar-refractivity contribution in [3.63, 3.8) is 0 Å². The van der Waals surface area contributed by atoms with Crippen molar-refractivity contribution >= 4 is 10.0 Å². The number of aliphatic hydroxyl groups excluding tert-OH is 1. The minimum absolute atomic E-state index is 0.0168. The van der Waals surface area contributed by atoms with E-state index in [9.17, 15) is 13.5 Å². The number of imidazole rings is 1. The zero-order valence-corrected chi connectivity index (χ0v) is 13.5. The summed E-state index contributed by atoms with van der Waals surface area (Å²) in [5.41, 5.74) is -0.818. The van der Waals surface area contributed by atoms with E-state index >= 15 is 0 Å². The highest BCUT2D eigenvalue weighted by atomic mass is 32.2. The van der Waals surface area contributed by atoms with Crippen LogP contribution in [0, 0.1) is 6.92 Å². The molecule has 1 aromatic rings. The highest BCUT2D eigenvalue weighted by molar-refractivity contribution is 7.89. The highest BCUT2D eigenvalue weighted by Gasteiger charge is 2.32. The highest BCUT2D eigenvalue weighted by Crippen LogP contribution is 2.19. The Morgan fingerprint density at radius 3 is 2.40 bits per heavy atom. The van der Waals surface area contributed by atoms with E-state index in [0.717, 1.165) is 13.0 Å². The van der Waals surface area contributed by atoms with Gasteiger partial charge in [0.15, 0.2) is 5.03 Å². The third kappa shape index (κ3) is 3.59. The lowest BCUT2D eigenvalue weighted by Gasteiger charge is -2.29. The van der Waals surface area contributed by atoms with E-state index in [4.69, 9.17) is 0 Å². The van der Waals surface area contributed by atoms with Crippen molar-refractivity contribution in [3.05, 3.63) is 12.0 Å². The molecule has 0 aliphatic heterocycles. The van der Waals surface area contributed by atoms with E-state index in [1.807, 2.05) is 25.3 Å². The van der Waals surface area contributed by atoms with Gasteiger partial charge in [0.25, 0.3) is 10.0 Å². The van der Waals surface area contributed by atoms with Crippen LogP contribution >= 0.6 is 0 Å². The normalized spacial score (nSPS) is 12.8. The summed E-state index contributed by atoms with van der Waals surface area (Å²) in [7, 11) is -3.72. The van der Waals surface area contributed by atoms with Crippen LogP contribution in [0.2, 0.25) is 0 Å². The Morgan fingerprint density at radius 1 is 1.35 bits per heavy atom. The minimum Gasteiger partial charge on any atom is -0.394 e. The molecule has 0 saturated carbocycles. The summed E-state index contributed by atoms with van der Waals surface area (Å²) in [5, 5.41) is 9.50. The first-order chi connectivity index (χ1) is 9.34. The standard InChI is InChI=1S/C13H25N3O3S/c1-5-8-16-9-12(14-11(16)4)20(18,19)15-13(6-2,7-3)10-17/h9,15,17H,5-8,10H2,1-4H3. The fourth-order valence-corrected chi connectivity index (χ4v) is 3.61. The van der Waals surface area contributed by atoms with E-state index in [0.29, 0.717) is 18.7 Å². The summed E-state index contributed by atoms with van der Waals surface area (Å²) in [6.07, 6.45) is 3.50. The lowest BCUT2D eigenvalue weighted by molar-refractivity contribution is 0.172. The Morgan fingerprint density at radius 2 is 1.95 bits per heavy atom. The van der Waals surface area contributed by atoms with E-state index in [-0.39, 0.29) is 11.6 Å². The van der Waals surface area contributed by atoms with Crippen LogP contribution in [0.3, 0.4) is 0 Å². The summed E-state index contributed by atoms with van der Waals surface area (Å²) < 4.78 is 29.2. The van der Waals surface area contributed by atoms with Crippen LogP contribution in [0.15, 0.2) is 11.2 Å². The fourth-order valence-electron chi connectivity index (χ4n) is 2.06. The number of nitrogens with zero attached hydrogens (tertiary/aromatic N) is 2. The van der Waals surface area contributed by atoms with Crippen molar-refractivity contribution < 1.29 is 13.5 Å². The Bertz CT molecular complexity index is 525. The van der Waals surface area contributed by atoms with Gasteiger partial charge in [0.05, 0.1) is 12.1 Å². The molecule has 0 radical (unpaired) electrons. The molecule has 0 aromatic carbocycles. The van der Waals surface area contributed by atoms with Gasteiger partial charge in [-0.3, -0.25) is 0 Å². The number of sulfonamides is 1. The van der Waals surface area contributed by atoms with E-state index in [1.165, 1.54) is 0 Å². The van der Waals surface area contributed by atoms with Gasteiger partial charge in [-0.25, -0.2) is 18.1 Å². The van der Waals surface area contributed by atoms with Crippen LogP contribution in [-0.2, 0) is 16.6 Å². The molecule has 1 rings (SSSR count). The zero-order chi connectivity index (χ0) is 15.4. The van der Waals surface area contributed by atoms with Crippen molar-refractivity contribution in [1.29, 1.82) is 0 Å². The van der Waals surface area contributed by atoms with Gasteiger partial charge in [0.2, 0.25) is 0 Å². The molecule has 0 aliphatic carbocycles. The fraction of sp³-hybridized carbons (Fsp3) is 0.769. The maximum Gasteiger partial charge on any atom is 0.260 e. The van der Waals surface area contributed by atoms with E-state index in [2.05, 4.69) is 9.71 Å². The number of rotatable bonds is 8. The van der Waals surface area contributed by atoms with Crippen molar-refractivity contribution in [1.82, 2.24) is 14.3 Å². The average Bonchev–Trinajstić information content (AvgIpc) is 2.79. The van der Waals surface area contributed by atoms with Crippen LogP contribution in [-0.4, -0.2) is 35.2 Å². The SMILES string of the molecule is CCCn1cc(S(=O)(=O)NC(CC)(CC)CO)nc1C. The zero-order valence-electron chi connectivity index (χ0n) is 12.7. The molecule has 2 N–H and O–H groups in total. The predicted octanol–water partition coefficient (Wildman–Crippen LogP) is 1.43. The molecule has 7 heteroatoms. The third-order valence-corrected chi connectivity index (χ3v) is 5.15. The maximum absolute atomic E-state index is 12.4. The molecule has 0 amide bonds. The second-order valence-corrected chi connectivity index (χ2v) is 6.70. The Balaban J connectivity index is 3.07. The van der Waals surface area contributed by atoms with E-state index in [1.54, 1.807) is 13.1 Å². The van der Waals surface area contributed by atoms with Gasteiger partial charge in [-0.15, -0.1) is 0 Å². The topological polar surface area (TPSA) is 84.2 Å². The molecule has 1 heterocycles. The summed E-state index contributed by atoms with van der Waals surface area (Å²) in [5.74, 6) is 0.676. The molecular weight excluding hydrogens is 278 g/mol. The number of hydrogen-bond donors (Lipinski definition) is 2. The van der Waals surface area contributed by atoms with Crippen LogP contribution in [0.5, 0.6) is 0 Å². The van der Waals surface area contributed by atoms with Crippen molar-refractivity contribution in [2.45, 2.75) is 64.1 Å². The molecule has 20 heavy (non-hydrogen) atoms. The van der Waals surface area contributed by atoms with E-state index < -0.39 is 15.6 Å². The third-order valence-electron chi connectivity index (χ3n) is 3.70. The first-order valence-corrected chi connectivity index (χ1v) is 8.51. The first kappa shape index (κ1) is 17.1. The number of aromatic nitrogens is 2. The molecule has 1 aromatic heterocycles. The summed E-state index contributed by atoms with van der Waals surface area (Å²) >= 11 is 0. The molecule has 0 aliphatic rings. The Labute approximate surface area is 121 Å². The van der Waals surface area contributed by atoms with Gasteiger partial charge >= 0.3 is 0 Å². The van der Waals surface area contributed by atoms with Crippen LogP contribution in [0.25, 0.3) is 0 Å². The van der Waals surface area contributed by atoms with Gasteiger partial charge in [0.1, 0.15) is 5.82 Å². The Hall–Kier alpha value is -0.920. The molecule has 0 bridgehead atoms. The Kier molecular flexibility index (Phi) is 5.73. The van der Waals surface area contributed by atoms with Crippen molar-refractivity contribution in [2.24, 2.45) is 0 Å². The summed E-state index contributed by atoms with van der Waals surface area (Å²) in [6.45, 7) is 8.02. The lowest BCUT2D eigenvalue weighted by Crippen LogP contribution is -2.50. The van der Waals surface area contributed by atoms with Crippen LogP contribution in [0.1, 0.15) is 45.9 Å². The summed E-state index contributed by atoms with van der Waals surface area (Å²) in [4.78, 5) is 4.12. The number of aliphatic hydroxyl groups is 1. The van der Waals surface area contributed by atoms with Crippen LogP contribution < -0.4 is 4.72 Å². The smallest absolute Gasteiger partial charge is 0.260 e. The summed E-state index contributed by atoms with van der Waals surface area (Å²) in [6, 6.07) is 0. The van der Waals surface area contributed by atoms with Gasteiger partial charge < -0.3 is 9.67 Å². The van der Waals surface area contributed by atoms with Gasteiger partial charge in [-0.1, -0.05) is 20.8 Å². The molecule has 0 saturated heterocycles. The van der Waals surface area contributed by atoms with Crippen molar-refractivity contribution in [2.75, 3.05) is 6.61 Å². The van der Waals surface area contributed by atoms with Gasteiger partial charge in [-0.2, -0.15) is 0 Å². The minimum atomic E-state index is -3.72. The average molecular weight is 303 g/mol. The van der Waals surface area contributed by atoms with Gasteiger partial charge in [-0.05, 0) is 26.2 Å². The van der Waals surface area contributed by atoms with Crippen molar-refractivity contribution in [3.8, 4) is 0 Å². The molecule has 6 nitrogen and oxygen atoms in total. The molecule has 0 atom stereocenters.